The zero-order valence-corrected chi connectivity index (χ0v) is 15.0. The van der Waals surface area contributed by atoms with Gasteiger partial charge in [-0.05, 0) is 59.6 Å². The lowest BCUT2D eigenvalue weighted by atomic mass is 10.1. The molecule has 0 radical (unpaired) electrons. The summed E-state index contributed by atoms with van der Waals surface area (Å²) >= 11 is 4.66. The summed E-state index contributed by atoms with van der Waals surface area (Å²) in [5.41, 5.74) is 0.684. The third-order valence-electron chi connectivity index (χ3n) is 3.65. The number of hydrogen-bond donors (Lipinski definition) is 0. The van der Waals surface area contributed by atoms with Crippen LogP contribution in [0, 0.1) is 12.7 Å². The number of rotatable bonds is 3. The van der Waals surface area contributed by atoms with Crippen molar-refractivity contribution in [2.24, 2.45) is 0 Å². The first kappa shape index (κ1) is 16.1. The molecule has 1 aromatic carbocycles. The van der Waals surface area contributed by atoms with E-state index in [2.05, 4.69) is 20.9 Å². The van der Waals surface area contributed by atoms with Crippen LogP contribution in [0.3, 0.4) is 0 Å². The Morgan fingerprint density at radius 2 is 2.13 bits per heavy atom. The van der Waals surface area contributed by atoms with E-state index < -0.39 is 0 Å². The zero-order chi connectivity index (χ0) is 16.6. The van der Waals surface area contributed by atoms with Crippen LogP contribution in [-0.2, 0) is 0 Å². The molecule has 0 saturated carbocycles. The smallest absolute Gasteiger partial charge is 0.269 e. The van der Waals surface area contributed by atoms with Crippen molar-refractivity contribution in [1.29, 1.82) is 0 Å². The SMILES string of the molecule is CCN(C(=O)c1sc2cccc(F)c2c1C)c1ccc(Br)cn1. The van der Waals surface area contributed by atoms with Gasteiger partial charge in [-0.15, -0.1) is 11.3 Å². The average molecular weight is 393 g/mol. The molecule has 3 rings (SSSR count). The summed E-state index contributed by atoms with van der Waals surface area (Å²) in [5.74, 6) is 0.138. The van der Waals surface area contributed by atoms with E-state index in [0.717, 1.165) is 9.17 Å². The summed E-state index contributed by atoms with van der Waals surface area (Å²) in [6.07, 6.45) is 1.66. The van der Waals surface area contributed by atoms with Gasteiger partial charge in [0.2, 0.25) is 0 Å². The molecule has 0 unspecified atom stereocenters. The van der Waals surface area contributed by atoms with Crippen LogP contribution in [0.5, 0.6) is 0 Å². The number of hydrogen-bond acceptors (Lipinski definition) is 3. The Kier molecular flexibility index (Phi) is 4.46. The van der Waals surface area contributed by atoms with Crippen molar-refractivity contribution < 1.29 is 9.18 Å². The normalized spacial score (nSPS) is 11.0. The van der Waals surface area contributed by atoms with Gasteiger partial charge in [0.15, 0.2) is 0 Å². The topological polar surface area (TPSA) is 33.2 Å². The lowest BCUT2D eigenvalue weighted by Crippen LogP contribution is -2.31. The van der Waals surface area contributed by atoms with Crippen molar-refractivity contribution in [3.05, 3.63) is 57.3 Å². The molecule has 0 N–H and O–H groups in total. The highest BCUT2D eigenvalue weighted by atomic mass is 79.9. The number of halogens is 2. The molecule has 3 nitrogen and oxygen atoms in total. The molecular formula is C17H14BrFN2OS. The Hall–Kier alpha value is -1.79. The first-order valence-electron chi connectivity index (χ1n) is 7.14. The van der Waals surface area contributed by atoms with Crippen molar-refractivity contribution in [3.63, 3.8) is 0 Å². The van der Waals surface area contributed by atoms with Crippen LogP contribution in [0.25, 0.3) is 10.1 Å². The molecule has 6 heteroatoms. The fourth-order valence-corrected chi connectivity index (χ4v) is 3.92. The minimum absolute atomic E-state index is 0.152. The van der Waals surface area contributed by atoms with Crippen molar-refractivity contribution in [2.45, 2.75) is 13.8 Å². The minimum atomic E-state index is -0.292. The number of amides is 1. The largest absolute Gasteiger partial charge is 0.292 e. The molecule has 0 atom stereocenters. The number of fused-ring (bicyclic) bond motifs is 1. The van der Waals surface area contributed by atoms with Crippen molar-refractivity contribution in [2.75, 3.05) is 11.4 Å². The number of aryl methyl sites for hydroxylation is 1. The molecule has 2 heterocycles. The Morgan fingerprint density at radius 3 is 2.74 bits per heavy atom. The van der Waals surface area contributed by atoms with Crippen LogP contribution >= 0.6 is 27.3 Å². The molecule has 23 heavy (non-hydrogen) atoms. The number of thiophene rings is 1. The van der Waals surface area contributed by atoms with Crippen LogP contribution in [0.2, 0.25) is 0 Å². The Morgan fingerprint density at radius 1 is 1.35 bits per heavy atom. The summed E-state index contributed by atoms with van der Waals surface area (Å²) in [6.45, 7) is 4.17. The fraction of sp³-hybridized carbons (Fsp3) is 0.176. The molecule has 0 spiro atoms. The molecular weight excluding hydrogens is 379 g/mol. The summed E-state index contributed by atoms with van der Waals surface area (Å²) in [7, 11) is 0. The van der Waals surface area contributed by atoms with Gasteiger partial charge in [-0.1, -0.05) is 6.07 Å². The maximum absolute atomic E-state index is 14.0. The first-order valence-corrected chi connectivity index (χ1v) is 8.75. The maximum Gasteiger partial charge on any atom is 0.269 e. The lowest BCUT2D eigenvalue weighted by Gasteiger charge is -2.19. The van der Waals surface area contributed by atoms with Gasteiger partial charge in [-0.25, -0.2) is 9.37 Å². The number of benzene rings is 1. The van der Waals surface area contributed by atoms with E-state index in [9.17, 15) is 9.18 Å². The minimum Gasteiger partial charge on any atom is -0.292 e. The van der Waals surface area contributed by atoms with E-state index in [1.54, 1.807) is 30.2 Å². The third-order valence-corrected chi connectivity index (χ3v) is 5.36. The Labute approximate surface area is 145 Å². The Balaban J connectivity index is 2.06. The number of carbonyl (C=O) groups excluding carboxylic acids is 1. The monoisotopic (exact) mass is 392 g/mol. The molecule has 0 aliphatic heterocycles. The molecule has 118 valence electrons. The number of aromatic nitrogens is 1. The van der Waals surface area contributed by atoms with E-state index >= 15 is 0 Å². The number of anilines is 1. The van der Waals surface area contributed by atoms with Gasteiger partial charge in [-0.3, -0.25) is 9.69 Å². The van der Waals surface area contributed by atoms with Crippen molar-refractivity contribution >= 4 is 49.1 Å². The predicted molar refractivity (Wildman–Crippen MR) is 95.8 cm³/mol. The Bertz CT molecular complexity index is 876. The summed E-state index contributed by atoms with van der Waals surface area (Å²) in [6, 6.07) is 8.55. The molecule has 0 fully saturated rings. The second kappa shape index (κ2) is 6.37. The van der Waals surface area contributed by atoms with E-state index in [1.807, 2.05) is 19.1 Å². The highest BCUT2D eigenvalue weighted by Gasteiger charge is 2.23. The molecule has 3 aromatic rings. The maximum atomic E-state index is 14.0. The van der Waals surface area contributed by atoms with E-state index in [1.165, 1.54) is 17.4 Å². The summed E-state index contributed by atoms with van der Waals surface area (Å²) < 4.78 is 15.7. The van der Waals surface area contributed by atoms with Crippen LogP contribution in [0.1, 0.15) is 22.2 Å². The van der Waals surface area contributed by atoms with Gasteiger partial charge in [0.25, 0.3) is 5.91 Å². The van der Waals surface area contributed by atoms with Crippen LogP contribution < -0.4 is 4.90 Å². The molecule has 0 aliphatic rings. The lowest BCUT2D eigenvalue weighted by molar-refractivity contribution is 0.0991. The fourth-order valence-electron chi connectivity index (χ4n) is 2.52. The summed E-state index contributed by atoms with van der Waals surface area (Å²) in [5, 5.41) is 0.528. The van der Waals surface area contributed by atoms with Gasteiger partial charge in [0.05, 0.1) is 4.88 Å². The number of carbonyl (C=O) groups is 1. The van der Waals surface area contributed by atoms with Crippen molar-refractivity contribution in [1.82, 2.24) is 4.98 Å². The van der Waals surface area contributed by atoms with E-state index in [0.29, 0.717) is 28.2 Å². The zero-order valence-electron chi connectivity index (χ0n) is 12.6. The molecule has 1 amide bonds. The average Bonchev–Trinajstić information content (AvgIpc) is 2.88. The van der Waals surface area contributed by atoms with Crippen LogP contribution in [0.15, 0.2) is 41.0 Å². The standard InChI is InChI=1S/C17H14BrFN2OS/c1-3-21(14-8-7-11(18)9-20-14)17(22)16-10(2)15-12(19)5-4-6-13(15)23-16/h4-9H,3H2,1-2H3. The first-order chi connectivity index (χ1) is 11.0. The highest BCUT2D eigenvalue weighted by molar-refractivity contribution is 9.10. The second-order valence-electron chi connectivity index (χ2n) is 5.05. The van der Waals surface area contributed by atoms with Gasteiger partial charge >= 0.3 is 0 Å². The van der Waals surface area contributed by atoms with Gasteiger partial charge in [0.1, 0.15) is 11.6 Å². The molecule has 0 saturated heterocycles. The van der Waals surface area contributed by atoms with Gasteiger partial charge < -0.3 is 0 Å². The van der Waals surface area contributed by atoms with Crippen LogP contribution in [-0.4, -0.2) is 17.4 Å². The molecule has 0 aliphatic carbocycles. The van der Waals surface area contributed by atoms with Crippen LogP contribution in [0.4, 0.5) is 10.2 Å². The predicted octanol–water partition coefficient (Wildman–Crippen LogP) is 5.17. The van der Waals surface area contributed by atoms with Gasteiger partial charge in [0, 0.05) is 27.3 Å². The highest BCUT2D eigenvalue weighted by Crippen LogP contribution is 2.34. The summed E-state index contributed by atoms with van der Waals surface area (Å²) in [4.78, 5) is 19.4. The van der Waals surface area contributed by atoms with E-state index in [-0.39, 0.29) is 11.7 Å². The second-order valence-corrected chi connectivity index (χ2v) is 7.02. The quantitative estimate of drug-likeness (QED) is 0.615. The van der Waals surface area contributed by atoms with Crippen molar-refractivity contribution in [3.8, 4) is 0 Å². The molecule has 2 aromatic heterocycles. The van der Waals surface area contributed by atoms with E-state index in [4.69, 9.17) is 0 Å². The number of nitrogens with zero attached hydrogens (tertiary/aromatic N) is 2. The third kappa shape index (κ3) is 2.88. The number of pyridine rings is 1. The van der Waals surface area contributed by atoms with Gasteiger partial charge in [-0.2, -0.15) is 0 Å². The molecule has 0 bridgehead atoms.